The molecule has 0 bridgehead atoms. The lowest BCUT2D eigenvalue weighted by molar-refractivity contribution is -0.132. The highest BCUT2D eigenvalue weighted by Gasteiger charge is 2.33. The first kappa shape index (κ1) is 17.3. The van der Waals surface area contributed by atoms with Gasteiger partial charge in [-0.2, -0.15) is 0 Å². The number of para-hydroxylation sites is 2. The first-order valence-electron chi connectivity index (χ1n) is 8.62. The summed E-state index contributed by atoms with van der Waals surface area (Å²) in [5.41, 5.74) is 7.43. The molecule has 5 heteroatoms. The number of rotatable bonds is 6. The van der Waals surface area contributed by atoms with Crippen molar-refractivity contribution in [3.8, 4) is 11.5 Å². The molecule has 1 amide bonds. The molecule has 2 aromatic rings. The molecule has 3 rings (SSSR count). The van der Waals surface area contributed by atoms with E-state index in [9.17, 15) is 4.79 Å². The molecule has 132 valence electrons. The highest BCUT2D eigenvalue weighted by Crippen LogP contribution is 2.28. The SMILES string of the molecule is CCOc1ccccc1OCC(=O)N1C[C@@H](N)[C@H](c2ccccc2)C1. The third-order valence-corrected chi connectivity index (χ3v) is 4.45. The summed E-state index contributed by atoms with van der Waals surface area (Å²) in [6.45, 7) is 3.62. The molecule has 0 radical (unpaired) electrons. The number of hydrogen-bond donors (Lipinski definition) is 1. The van der Waals surface area contributed by atoms with Gasteiger partial charge in [-0.15, -0.1) is 0 Å². The van der Waals surface area contributed by atoms with Crippen LogP contribution in [-0.4, -0.2) is 43.2 Å². The zero-order valence-corrected chi connectivity index (χ0v) is 14.4. The highest BCUT2D eigenvalue weighted by atomic mass is 16.5. The van der Waals surface area contributed by atoms with Crippen molar-refractivity contribution in [1.82, 2.24) is 4.90 Å². The van der Waals surface area contributed by atoms with Gasteiger partial charge in [0.15, 0.2) is 18.1 Å². The van der Waals surface area contributed by atoms with Gasteiger partial charge < -0.3 is 20.1 Å². The lowest BCUT2D eigenvalue weighted by atomic mass is 9.95. The van der Waals surface area contributed by atoms with Crippen LogP contribution < -0.4 is 15.2 Å². The van der Waals surface area contributed by atoms with E-state index in [-0.39, 0.29) is 24.5 Å². The van der Waals surface area contributed by atoms with Crippen molar-refractivity contribution < 1.29 is 14.3 Å². The van der Waals surface area contributed by atoms with Gasteiger partial charge in [-0.25, -0.2) is 0 Å². The molecule has 0 aromatic heterocycles. The summed E-state index contributed by atoms with van der Waals surface area (Å²) in [6, 6.07) is 17.4. The molecule has 5 nitrogen and oxygen atoms in total. The van der Waals surface area contributed by atoms with Crippen molar-refractivity contribution in [2.75, 3.05) is 26.3 Å². The summed E-state index contributed by atoms with van der Waals surface area (Å²) in [5, 5.41) is 0. The molecule has 0 aliphatic carbocycles. The summed E-state index contributed by atoms with van der Waals surface area (Å²) >= 11 is 0. The molecule has 1 saturated heterocycles. The van der Waals surface area contributed by atoms with Gasteiger partial charge in [0.25, 0.3) is 5.91 Å². The van der Waals surface area contributed by atoms with Crippen molar-refractivity contribution in [1.29, 1.82) is 0 Å². The van der Waals surface area contributed by atoms with Gasteiger partial charge in [-0.05, 0) is 24.6 Å². The Morgan fingerprint density at radius 1 is 1.04 bits per heavy atom. The Labute approximate surface area is 148 Å². The zero-order chi connectivity index (χ0) is 17.6. The summed E-state index contributed by atoms with van der Waals surface area (Å²) in [5.74, 6) is 1.35. The van der Waals surface area contributed by atoms with Crippen molar-refractivity contribution in [3.05, 3.63) is 60.2 Å². The molecule has 0 spiro atoms. The van der Waals surface area contributed by atoms with Crippen LogP contribution in [0.1, 0.15) is 18.4 Å². The predicted octanol–water partition coefficient (Wildman–Crippen LogP) is 2.42. The maximum absolute atomic E-state index is 12.5. The summed E-state index contributed by atoms with van der Waals surface area (Å²) in [6.07, 6.45) is 0. The minimum atomic E-state index is -0.0554. The number of benzene rings is 2. The van der Waals surface area contributed by atoms with Crippen LogP contribution in [0.25, 0.3) is 0 Å². The van der Waals surface area contributed by atoms with Gasteiger partial charge >= 0.3 is 0 Å². The molecule has 1 heterocycles. The minimum absolute atomic E-state index is 0.0156. The van der Waals surface area contributed by atoms with Crippen molar-refractivity contribution in [2.24, 2.45) is 5.73 Å². The van der Waals surface area contributed by atoms with Crippen LogP contribution in [0, 0.1) is 0 Å². The molecular weight excluding hydrogens is 316 g/mol. The Kier molecular flexibility index (Phi) is 5.56. The van der Waals surface area contributed by atoms with Crippen LogP contribution >= 0.6 is 0 Å². The minimum Gasteiger partial charge on any atom is -0.490 e. The van der Waals surface area contributed by atoms with Gasteiger partial charge in [0, 0.05) is 25.0 Å². The smallest absolute Gasteiger partial charge is 0.260 e. The molecule has 2 aromatic carbocycles. The number of amides is 1. The molecule has 25 heavy (non-hydrogen) atoms. The molecule has 1 fully saturated rings. The number of likely N-dealkylation sites (tertiary alicyclic amines) is 1. The van der Waals surface area contributed by atoms with Gasteiger partial charge in [0.1, 0.15) is 0 Å². The van der Waals surface area contributed by atoms with Crippen molar-refractivity contribution in [2.45, 2.75) is 18.9 Å². The van der Waals surface area contributed by atoms with E-state index in [1.54, 1.807) is 11.0 Å². The Bertz CT molecular complexity index is 705. The third-order valence-electron chi connectivity index (χ3n) is 4.45. The molecule has 1 aliphatic rings. The topological polar surface area (TPSA) is 64.8 Å². The second-order valence-electron chi connectivity index (χ2n) is 6.15. The molecule has 1 aliphatic heterocycles. The Morgan fingerprint density at radius 3 is 2.36 bits per heavy atom. The van der Waals surface area contributed by atoms with Crippen molar-refractivity contribution >= 4 is 5.91 Å². The number of nitrogens with two attached hydrogens (primary N) is 1. The van der Waals surface area contributed by atoms with E-state index in [1.807, 2.05) is 43.3 Å². The Balaban J connectivity index is 1.59. The van der Waals surface area contributed by atoms with Crippen LogP contribution in [0.3, 0.4) is 0 Å². The third kappa shape index (κ3) is 4.12. The Morgan fingerprint density at radius 2 is 1.68 bits per heavy atom. The van der Waals surface area contributed by atoms with Crippen LogP contribution in [0.15, 0.2) is 54.6 Å². The van der Waals surface area contributed by atoms with Crippen LogP contribution in [0.4, 0.5) is 0 Å². The van der Waals surface area contributed by atoms with Gasteiger partial charge in [0.05, 0.1) is 6.61 Å². The monoisotopic (exact) mass is 340 g/mol. The number of nitrogens with zero attached hydrogens (tertiary/aromatic N) is 1. The summed E-state index contributed by atoms with van der Waals surface area (Å²) < 4.78 is 11.2. The summed E-state index contributed by atoms with van der Waals surface area (Å²) in [4.78, 5) is 14.3. The fraction of sp³-hybridized carbons (Fsp3) is 0.350. The number of hydrogen-bond acceptors (Lipinski definition) is 4. The predicted molar refractivity (Wildman–Crippen MR) is 96.8 cm³/mol. The average molecular weight is 340 g/mol. The van der Waals surface area contributed by atoms with E-state index in [0.717, 1.165) is 0 Å². The van der Waals surface area contributed by atoms with Gasteiger partial charge in [-0.1, -0.05) is 42.5 Å². The second kappa shape index (κ2) is 8.03. The van der Waals surface area contributed by atoms with Gasteiger partial charge in [-0.3, -0.25) is 4.79 Å². The largest absolute Gasteiger partial charge is 0.490 e. The fourth-order valence-electron chi connectivity index (χ4n) is 3.16. The number of carbonyl (C=O) groups excluding carboxylic acids is 1. The molecular formula is C20H24N2O3. The van der Waals surface area contributed by atoms with E-state index < -0.39 is 0 Å². The van der Waals surface area contributed by atoms with Crippen LogP contribution in [-0.2, 0) is 4.79 Å². The quantitative estimate of drug-likeness (QED) is 0.877. The first-order valence-corrected chi connectivity index (χ1v) is 8.62. The average Bonchev–Trinajstić information content (AvgIpc) is 3.03. The molecule has 2 atom stereocenters. The lowest BCUT2D eigenvalue weighted by Gasteiger charge is -2.17. The van der Waals surface area contributed by atoms with Gasteiger partial charge in [0.2, 0.25) is 0 Å². The first-order chi connectivity index (χ1) is 12.2. The van der Waals surface area contributed by atoms with Crippen molar-refractivity contribution in [3.63, 3.8) is 0 Å². The number of ether oxygens (including phenoxy) is 2. The van der Waals surface area contributed by atoms with E-state index in [4.69, 9.17) is 15.2 Å². The fourth-order valence-corrected chi connectivity index (χ4v) is 3.16. The van der Waals surface area contributed by atoms with Crippen LogP contribution in [0.5, 0.6) is 11.5 Å². The van der Waals surface area contributed by atoms with E-state index in [0.29, 0.717) is 31.2 Å². The van der Waals surface area contributed by atoms with Crippen LogP contribution in [0.2, 0.25) is 0 Å². The Hall–Kier alpha value is -2.53. The van der Waals surface area contributed by atoms with E-state index in [1.165, 1.54) is 5.56 Å². The highest BCUT2D eigenvalue weighted by molar-refractivity contribution is 5.78. The van der Waals surface area contributed by atoms with E-state index in [2.05, 4.69) is 12.1 Å². The molecule has 0 saturated carbocycles. The standard InChI is InChI=1S/C20H24N2O3/c1-2-24-18-10-6-7-11-19(18)25-14-20(23)22-12-16(17(21)13-22)15-8-4-3-5-9-15/h3-11,16-17H,2,12-14,21H2,1H3/t16-,17+/m0/s1. The molecule has 0 unspecified atom stereocenters. The lowest BCUT2D eigenvalue weighted by Crippen LogP contribution is -2.35. The molecule has 2 N–H and O–H groups in total. The van der Waals surface area contributed by atoms with E-state index >= 15 is 0 Å². The second-order valence-corrected chi connectivity index (χ2v) is 6.15. The number of carbonyl (C=O) groups is 1. The summed E-state index contributed by atoms with van der Waals surface area (Å²) in [7, 11) is 0. The normalized spacial score (nSPS) is 19.7. The maximum Gasteiger partial charge on any atom is 0.260 e. The maximum atomic E-state index is 12.5. The zero-order valence-electron chi connectivity index (χ0n) is 14.4.